The Morgan fingerprint density at radius 3 is 2.61 bits per heavy atom. The molecule has 0 spiro atoms. The third kappa shape index (κ3) is 3.76. The van der Waals surface area contributed by atoms with Crippen molar-refractivity contribution in [1.82, 2.24) is 0 Å². The first-order valence-corrected chi connectivity index (χ1v) is 11.0. The van der Waals surface area contributed by atoms with Crippen LogP contribution < -0.4 is 9.64 Å². The van der Waals surface area contributed by atoms with E-state index < -0.39 is 5.97 Å². The predicted molar refractivity (Wildman–Crippen MR) is 123 cm³/mol. The SMILES string of the molecule is O=C(O)c1cccc(N2CC(Oc3ccc(CO)cc3)C2)c1-c1ccc2ccsc2c1. The van der Waals surface area contributed by atoms with Gasteiger partial charge < -0.3 is 19.8 Å². The lowest BCUT2D eigenvalue weighted by Crippen LogP contribution is -2.54. The van der Waals surface area contributed by atoms with Crippen molar-refractivity contribution < 1.29 is 19.7 Å². The second-order valence-corrected chi connectivity index (χ2v) is 8.57. The Balaban J connectivity index is 1.42. The van der Waals surface area contributed by atoms with Crippen molar-refractivity contribution in [2.24, 2.45) is 0 Å². The molecule has 0 saturated carbocycles. The first-order valence-electron chi connectivity index (χ1n) is 10.1. The number of hydrogen-bond acceptors (Lipinski definition) is 5. The number of nitrogens with zero attached hydrogens (tertiary/aromatic N) is 1. The summed E-state index contributed by atoms with van der Waals surface area (Å²) in [5.41, 5.74) is 3.71. The van der Waals surface area contributed by atoms with Gasteiger partial charge in [-0.25, -0.2) is 4.79 Å². The standard InChI is InChI=1S/C25H21NO4S/c27-15-16-4-8-19(9-5-16)30-20-13-26(14-20)22-3-1-2-21(25(28)29)24(22)18-7-6-17-10-11-31-23(17)12-18/h1-12,20,27H,13-15H2,(H,28,29). The van der Waals surface area contributed by atoms with Crippen LogP contribution in [-0.2, 0) is 6.61 Å². The number of carbonyl (C=O) groups is 1. The lowest BCUT2D eigenvalue weighted by molar-refractivity contribution is 0.0697. The molecular weight excluding hydrogens is 410 g/mol. The maximum absolute atomic E-state index is 12.0. The molecule has 3 aromatic carbocycles. The smallest absolute Gasteiger partial charge is 0.336 e. The summed E-state index contributed by atoms with van der Waals surface area (Å²) in [5.74, 6) is -0.162. The van der Waals surface area contributed by atoms with Crippen LogP contribution in [-0.4, -0.2) is 35.4 Å². The number of aliphatic hydroxyl groups excluding tert-OH is 1. The fourth-order valence-electron chi connectivity index (χ4n) is 3.97. The molecule has 1 saturated heterocycles. The van der Waals surface area contributed by atoms with Crippen molar-refractivity contribution >= 4 is 33.1 Å². The number of aliphatic hydroxyl groups is 1. The van der Waals surface area contributed by atoms with Crippen molar-refractivity contribution in [1.29, 1.82) is 0 Å². The zero-order valence-electron chi connectivity index (χ0n) is 16.7. The second-order valence-electron chi connectivity index (χ2n) is 7.62. The fourth-order valence-corrected chi connectivity index (χ4v) is 4.80. The van der Waals surface area contributed by atoms with E-state index in [9.17, 15) is 9.90 Å². The summed E-state index contributed by atoms with van der Waals surface area (Å²) in [5, 5.41) is 22.2. The molecular formula is C25H21NO4S. The predicted octanol–water partition coefficient (Wildman–Crippen LogP) is 5.03. The molecule has 1 fully saturated rings. The highest BCUT2D eigenvalue weighted by atomic mass is 32.1. The molecule has 1 aromatic heterocycles. The van der Waals surface area contributed by atoms with Crippen molar-refractivity contribution in [3.63, 3.8) is 0 Å². The van der Waals surface area contributed by atoms with Gasteiger partial charge in [0.05, 0.1) is 25.3 Å². The maximum atomic E-state index is 12.0. The Hall–Kier alpha value is -3.35. The van der Waals surface area contributed by atoms with Crippen LogP contribution in [0, 0.1) is 0 Å². The van der Waals surface area contributed by atoms with Gasteiger partial charge in [0.15, 0.2) is 0 Å². The molecule has 1 aliphatic rings. The van der Waals surface area contributed by atoms with Gasteiger partial charge >= 0.3 is 5.97 Å². The summed E-state index contributed by atoms with van der Waals surface area (Å²) in [6.07, 6.45) is 0.0288. The summed E-state index contributed by atoms with van der Waals surface area (Å²) in [6.45, 7) is 1.37. The average molecular weight is 432 g/mol. The van der Waals surface area contributed by atoms with Crippen molar-refractivity contribution in [2.45, 2.75) is 12.7 Å². The molecule has 4 aromatic rings. The second kappa shape index (κ2) is 8.06. The van der Waals surface area contributed by atoms with E-state index in [2.05, 4.69) is 17.0 Å². The molecule has 5 rings (SSSR count). The van der Waals surface area contributed by atoms with Crippen LogP contribution in [0.15, 0.2) is 72.1 Å². The molecule has 5 nitrogen and oxygen atoms in total. The van der Waals surface area contributed by atoms with Crippen LogP contribution in [0.5, 0.6) is 5.75 Å². The van der Waals surface area contributed by atoms with E-state index in [1.165, 1.54) is 0 Å². The zero-order chi connectivity index (χ0) is 21.4. The minimum absolute atomic E-state index is 0.0114. The summed E-state index contributed by atoms with van der Waals surface area (Å²) >= 11 is 1.65. The summed E-state index contributed by atoms with van der Waals surface area (Å²) < 4.78 is 7.17. The third-order valence-corrected chi connectivity index (χ3v) is 6.49. The van der Waals surface area contributed by atoms with E-state index in [4.69, 9.17) is 9.84 Å². The summed E-state index contributed by atoms with van der Waals surface area (Å²) in [7, 11) is 0. The van der Waals surface area contributed by atoms with E-state index in [0.29, 0.717) is 18.7 Å². The highest BCUT2D eigenvalue weighted by molar-refractivity contribution is 7.17. The highest BCUT2D eigenvalue weighted by Crippen LogP contribution is 2.38. The summed E-state index contributed by atoms with van der Waals surface area (Å²) in [4.78, 5) is 14.1. The third-order valence-electron chi connectivity index (χ3n) is 5.62. The molecule has 2 N–H and O–H groups in total. The van der Waals surface area contributed by atoms with Gasteiger partial charge in [0.1, 0.15) is 11.9 Å². The number of thiophene rings is 1. The molecule has 0 radical (unpaired) electrons. The Kier molecular flexibility index (Phi) is 5.10. The minimum atomic E-state index is -0.930. The molecule has 1 aliphatic heterocycles. The van der Waals surface area contributed by atoms with Crippen LogP contribution in [0.25, 0.3) is 21.2 Å². The number of ether oxygens (including phenoxy) is 1. The molecule has 31 heavy (non-hydrogen) atoms. The molecule has 6 heteroatoms. The topological polar surface area (TPSA) is 70.0 Å². The molecule has 0 atom stereocenters. The van der Waals surface area contributed by atoms with Gasteiger partial charge in [0.2, 0.25) is 0 Å². The Bertz CT molecular complexity index is 1240. The number of benzene rings is 3. The van der Waals surface area contributed by atoms with Crippen LogP contribution >= 0.6 is 11.3 Å². The maximum Gasteiger partial charge on any atom is 0.336 e. The van der Waals surface area contributed by atoms with Gasteiger partial charge in [-0.3, -0.25) is 0 Å². The van der Waals surface area contributed by atoms with Crippen molar-refractivity contribution in [3.05, 3.63) is 83.2 Å². The van der Waals surface area contributed by atoms with E-state index in [-0.39, 0.29) is 12.7 Å². The van der Waals surface area contributed by atoms with Crippen molar-refractivity contribution in [3.8, 4) is 16.9 Å². The minimum Gasteiger partial charge on any atom is -0.487 e. The average Bonchev–Trinajstić information content (AvgIpc) is 3.23. The number of fused-ring (bicyclic) bond motifs is 1. The Morgan fingerprint density at radius 2 is 1.87 bits per heavy atom. The lowest BCUT2D eigenvalue weighted by Gasteiger charge is -2.41. The van der Waals surface area contributed by atoms with Gasteiger partial charge in [0, 0.05) is 16.0 Å². The van der Waals surface area contributed by atoms with Gasteiger partial charge in [-0.05, 0) is 58.3 Å². The number of hydrogen-bond donors (Lipinski definition) is 2. The number of carboxylic acid groups (broad SMARTS) is 1. The molecule has 0 aliphatic carbocycles. The van der Waals surface area contributed by atoms with E-state index in [0.717, 1.165) is 38.2 Å². The molecule has 0 bridgehead atoms. The number of carboxylic acids is 1. The number of anilines is 1. The van der Waals surface area contributed by atoms with Gasteiger partial charge in [-0.15, -0.1) is 11.3 Å². The monoisotopic (exact) mass is 431 g/mol. The Morgan fingerprint density at radius 1 is 1.06 bits per heavy atom. The first kappa shape index (κ1) is 19.6. The van der Waals surface area contributed by atoms with Gasteiger partial charge in [0.25, 0.3) is 0 Å². The van der Waals surface area contributed by atoms with E-state index >= 15 is 0 Å². The largest absolute Gasteiger partial charge is 0.487 e. The number of rotatable bonds is 6. The quantitative estimate of drug-likeness (QED) is 0.448. The number of aromatic carboxylic acids is 1. The van der Waals surface area contributed by atoms with E-state index in [1.54, 1.807) is 23.5 Å². The van der Waals surface area contributed by atoms with E-state index in [1.807, 2.05) is 47.8 Å². The van der Waals surface area contributed by atoms with Crippen LogP contribution in [0.4, 0.5) is 5.69 Å². The molecule has 0 amide bonds. The Labute approximate surface area is 183 Å². The molecule has 0 unspecified atom stereocenters. The van der Waals surface area contributed by atoms with Crippen LogP contribution in [0.2, 0.25) is 0 Å². The van der Waals surface area contributed by atoms with Crippen LogP contribution in [0.1, 0.15) is 15.9 Å². The highest BCUT2D eigenvalue weighted by Gasteiger charge is 2.31. The molecule has 2 heterocycles. The van der Waals surface area contributed by atoms with Gasteiger partial charge in [-0.2, -0.15) is 0 Å². The van der Waals surface area contributed by atoms with Crippen molar-refractivity contribution in [2.75, 3.05) is 18.0 Å². The van der Waals surface area contributed by atoms with Crippen LogP contribution in [0.3, 0.4) is 0 Å². The van der Waals surface area contributed by atoms with Gasteiger partial charge in [-0.1, -0.05) is 30.3 Å². The first-order chi connectivity index (χ1) is 15.1. The zero-order valence-corrected chi connectivity index (χ0v) is 17.5. The normalized spacial score (nSPS) is 13.9. The summed E-state index contributed by atoms with van der Waals surface area (Å²) in [6, 6.07) is 21.0. The lowest BCUT2D eigenvalue weighted by atomic mass is 9.95. The molecule has 156 valence electrons. The fraction of sp³-hybridized carbons (Fsp3) is 0.160.